The van der Waals surface area contributed by atoms with E-state index in [1.165, 1.54) is 19.1 Å². The molecule has 104 valence electrons. The first kappa shape index (κ1) is 13.5. The highest BCUT2D eigenvalue weighted by atomic mass is 16.6. The second-order valence-electron chi connectivity index (χ2n) is 4.07. The Morgan fingerprint density at radius 3 is 2.70 bits per heavy atom. The van der Waals surface area contributed by atoms with Crippen LogP contribution in [0.25, 0.3) is 11.0 Å². The molecule has 0 amide bonds. The first-order valence-corrected chi connectivity index (χ1v) is 5.61. The number of para-hydroxylation sites is 1. The summed E-state index contributed by atoms with van der Waals surface area (Å²) >= 11 is 0. The highest BCUT2D eigenvalue weighted by Gasteiger charge is 2.26. The van der Waals surface area contributed by atoms with Crippen LogP contribution >= 0.6 is 0 Å². The number of nitrogens with zero attached hydrogens (tertiary/aromatic N) is 1. The van der Waals surface area contributed by atoms with Crippen molar-refractivity contribution in [3.63, 3.8) is 0 Å². The van der Waals surface area contributed by atoms with Crippen molar-refractivity contribution in [3.05, 3.63) is 44.8 Å². The molecule has 0 saturated carbocycles. The molecule has 2 rings (SSSR count). The highest BCUT2D eigenvalue weighted by molar-refractivity contribution is 5.95. The van der Waals surface area contributed by atoms with E-state index in [1.54, 1.807) is 12.1 Å². The molecule has 0 saturated heterocycles. The largest absolute Gasteiger partial charge is 0.480 e. The van der Waals surface area contributed by atoms with Gasteiger partial charge in [-0.25, -0.2) is 4.79 Å². The average Bonchev–Trinajstić information content (AvgIpc) is 2.37. The first-order valence-electron chi connectivity index (χ1n) is 5.61. The number of anilines is 1. The summed E-state index contributed by atoms with van der Waals surface area (Å²) < 4.78 is 4.85. The lowest BCUT2D eigenvalue weighted by Crippen LogP contribution is -2.27. The summed E-state index contributed by atoms with van der Waals surface area (Å²) in [4.78, 5) is 32.6. The minimum absolute atomic E-state index is 0.142. The molecule has 2 aromatic rings. The third-order valence-electron chi connectivity index (χ3n) is 2.70. The predicted molar refractivity (Wildman–Crippen MR) is 69.9 cm³/mol. The van der Waals surface area contributed by atoms with E-state index < -0.39 is 28.2 Å². The fourth-order valence-electron chi connectivity index (χ4n) is 1.73. The highest BCUT2D eigenvalue weighted by Crippen LogP contribution is 2.30. The van der Waals surface area contributed by atoms with Crippen LogP contribution in [0.15, 0.2) is 33.5 Å². The summed E-state index contributed by atoms with van der Waals surface area (Å²) in [7, 11) is 0. The number of benzene rings is 1. The van der Waals surface area contributed by atoms with Crippen molar-refractivity contribution >= 4 is 28.3 Å². The Morgan fingerprint density at radius 2 is 2.10 bits per heavy atom. The third kappa shape index (κ3) is 2.30. The second-order valence-corrected chi connectivity index (χ2v) is 4.07. The Morgan fingerprint density at radius 1 is 1.45 bits per heavy atom. The van der Waals surface area contributed by atoms with Crippen LogP contribution in [0.1, 0.15) is 6.92 Å². The standard InChI is InChI=1S/C12H10N2O6/c1-6(11(15)16)13-9-7-4-2-3-5-8(7)20-12(17)10(9)14(18)19/h2-6,13H,1H3,(H,15,16)/t6-/m1/s1. The van der Waals surface area contributed by atoms with Gasteiger partial charge in [0.1, 0.15) is 17.3 Å². The molecule has 0 fully saturated rings. The van der Waals surface area contributed by atoms with E-state index >= 15 is 0 Å². The lowest BCUT2D eigenvalue weighted by molar-refractivity contribution is -0.386. The van der Waals surface area contributed by atoms with Crippen molar-refractivity contribution in [2.75, 3.05) is 5.32 Å². The molecule has 8 nitrogen and oxygen atoms in total. The van der Waals surface area contributed by atoms with Gasteiger partial charge < -0.3 is 14.8 Å². The van der Waals surface area contributed by atoms with E-state index in [-0.39, 0.29) is 16.7 Å². The number of hydrogen-bond acceptors (Lipinski definition) is 6. The SMILES string of the molecule is C[C@@H](Nc1c([N+](=O)[O-])c(=O)oc2ccccc12)C(=O)O. The number of nitrogens with one attached hydrogen (secondary N) is 1. The summed E-state index contributed by atoms with van der Waals surface area (Å²) in [6.07, 6.45) is 0. The van der Waals surface area contributed by atoms with Gasteiger partial charge in [0.2, 0.25) is 0 Å². The summed E-state index contributed by atoms with van der Waals surface area (Å²) in [5.74, 6) is -1.20. The van der Waals surface area contributed by atoms with Crippen molar-refractivity contribution in [1.29, 1.82) is 0 Å². The normalized spacial score (nSPS) is 12.1. The van der Waals surface area contributed by atoms with E-state index in [2.05, 4.69) is 5.32 Å². The van der Waals surface area contributed by atoms with E-state index in [9.17, 15) is 19.7 Å². The molecule has 0 radical (unpaired) electrons. The molecule has 1 heterocycles. The van der Waals surface area contributed by atoms with Gasteiger partial charge >= 0.3 is 17.3 Å². The molecule has 0 aliphatic heterocycles. The number of hydrogen-bond donors (Lipinski definition) is 2. The van der Waals surface area contributed by atoms with Crippen molar-refractivity contribution in [2.24, 2.45) is 0 Å². The topological polar surface area (TPSA) is 123 Å². The maximum atomic E-state index is 11.7. The molecular formula is C12H10N2O6. The van der Waals surface area contributed by atoms with Gasteiger partial charge in [0.25, 0.3) is 0 Å². The van der Waals surface area contributed by atoms with Gasteiger partial charge in [-0.1, -0.05) is 12.1 Å². The number of rotatable bonds is 4. The molecule has 1 aromatic carbocycles. The Hall–Kier alpha value is -2.90. The molecule has 0 bridgehead atoms. The quantitative estimate of drug-likeness (QED) is 0.494. The number of carboxylic acid groups (broad SMARTS) is 1. The zero-order valence-corrected chi connectivity index (χ0v) is 10.3. The summed E-state index contributed by atoms with van der Waals surface area (Å²) in [6, 6.07) is 5.07. The van der Waals surface area contributed by atoms with Crippen LogP contribution < -0.4 is 10.9 Å². The number of fused-ring (bicyclic) bond motifs is 1. The maximum absolute atomic E-state index is 11.7. The zero-order chi connectivity index (χ0) is 14.9. The van der Waals surface area contributed by atoms with Gasteiger partial charge in [0, 0.05) is 5.39 Å². The van der Waals surface area contributed by atoms with Gasteiger partial charge in [-0.3, -0.25) is 14.9 Å². The minimum Gasteiger partial charge on any atom is -0.480 e. The number of carboxylic acids is 1. The summed E-state index contributed by atoms with van der Waals surface area (Å²) in [5, 5.41) is 22.6. The molecule has 8 heteroatoms. The Balaban J connectivity index is 2.75. The molecule has 0 aliphatic rings. The van der Waals surface area contributed by atoms with Crippen LogP contribution in [-0.4, -0.2) is 22.0 Å². The van der Waals surface area contributed by atoms with Crippen molar-refractivity contribution in [1.82, 2.24) is 0 Å². The second kappa shape index (κ2) is 5.00. The molecule has 20 heavy (non-hydrogen) atoms. The van der Waals surface area contributed by atoms with Gasteiger partial charge in [0.15, 0.2) is 0 Å². The average molecular weight is 278 g/mol. The summed E-state index contributed by atoms with van der Waals surface area (Å²) in [6.45, 7) is 1.31. The van der Waals surface area contributed by atoms with Crippen LogP contribution in [0.4, 0.5) is 11.4 Å². The van der Waals surface area contributed by atoms with Gasteiger partial charge in [-0.05, 0) is 19.1 Å². The monoisotopic (exact) mass is 278 g/mol. The van der Waals surface area contributed by atoms with Gasteiger partial charge in [-0.15, -0.1) is 0 Å². The van der Waals surface area contributed by atoms with Crippen LogP contribution in [0.2, 0.25) is 0 Å². The number of aliphatic carboxylic acids is 1. The Bertz CT molecular complexity index is 751. The third-order valence-corrected chi connectivity index (χ3v) is 2.70. The van der Waals surface area contributed by atoms with E-state index in [0.717, 1.165) is 0 Å². The predicted octanol–water partition coefficient (Wildman–Crippen LogP) is 1.59. The molecular weight excluding hydrogens is 268 g/mol. The van der Waals surface area contributed by atoms with Crippen LogP contribution in [0.3, 0.4) is 0 Å². The van der Waals surface area contributed by atoms with E-state index in [1.807, 2.05) is 0 Å². The van der Waals surface area contributed by atoms with Gasteiger partial charge in [0.05, 0.1) is 4.92 Å². The molecule has 2 N–H and O–H groups in total. The Labute approximate surface area is 111 Å². The lowest BCUT2D eigenvalue weighted by atomic mass is 10.1. The van der Waals surface area contributed by atoms with Crippen molar-refractivity contribution < 1.29 is 19.2 Å². The minimum atomic E-state index is -1.20. The first-order chi connectivity index (χ1) is 9.41. The molecule has 1 atom stereocenters. The maximum Gasteiger partial charge on any atom is 0.417 e. The fraction of sp³-hybridized carbons (Fsp3) is 0.167. The summed E-state index contributed by atoms with van der Waals surface area (Å²) in [5.41, 5.74) is -1.95. The van der Waals surface area contributed by atoms with Crippen LogP contribution in [0, 0.1) is 10.1 Å². The number of nitro groups is 1. The fourth-order valence-corrected chi connectivity index (χ4v) is 1.73. The zero-order valence-electron chi connectivity index (χ0n) is 10.3. The van der Waals surface area contributed by atoms with E-state index in [4.69, 9.17) is 9.52 Å². The van der Waals surface area contributed by atoms with Crippen LogP contribution in [0.5, 0.6) is 0 Å². The van der Waals surface area contributed by atoms with Crippen molar-refractivity contribution in [3.8, 4) is 0 Å². The molecule has 0 spiro atoms. The Kier molecular flexibility index (Phi) is 3.38. The van der Waals surface area contributed by atoms with Gasteiger partial charge in [-0.2, -0.15) is 0 Å². The lowest BCUT2D eigenvalue weighted by Gasteiger charge is -2.12. The van der Waals surface area contributed by atoms with Crippen molar-refractivity contribution in [2.45, 2.75) is 13.0 Å². The molecule has 1 aromatic heterocycles. The molecule has 0 aliphatic carbocycles. The van der Waals surface area contributed by atoms with Crippen LogP contribution in [-0.2, 0) is 4.79 Å². The number of carbonyl (C=O) groups is 1. The molecule has 0 unspecified atom stereocenters. The van der Waals surface area contributed by atoms with E-state index in [0.29, 0.717) is 0 Å². The smallest absolute Gasteiger partial charge is 0.417 e.